The minimum absolute atomic E-state index is 0.106. The minimum Gasteiger partial charge on any atom is -0.361 e. The average molecular weight is 290 g/mol. The van der Waals surface area contributed by atoms with Crippen LogP contribution in [0.1, 0.15) is 30.2 Å². The molecule has 0 bridgehead atoms. The molecule has 2 N–H and O–H groups in total. The number of anilines is 1. The molecular weight excluding hydrogens is 276 g/mol. The zero-order valence-corrected chi connectivity index (χ0v) is 11.9. The Balaban J connectivity index is 1.96. The maximum Gasteiger partial charge on any atom is 0.349 e. The lowest BCUT2D eigenvalue weighted by molar-refractivity contribution is 0.735. The average Bonchev–Trinajstić information content (AvgIpc) is 3.06. The van der Waals surface area contributed by atoms with Gasteiger partial charge in [0.05, 0.1) is 6.04 Å². The Bertz CT molecular complexity index is 775. The Labute approximate surface area is 118 Å². The Hall–Kier alpha value is -2.22. The number of aromatic nitrogens is 5. The highest BCUT2D eigenvalue weighted by molar-refractivity contribution is 7.09. The topological polar surface area (TPSA) is 88.0 Å². The van der Waals surface area contributed by atoms with Crippen LogP contribution in [0.2, 0.25) is 0 Å². The zero-order chi connectivity index (χ0) is 14.1. The molecule has 0 aliphatic carbocycles. The second-order valence-corrected chi connectivity index (χ2v) is 5.31. The largest absolute Gasteiger partial charge is 0.361 e. The molecule has 0 spiro atoms. The number of aryl methyl sites for hydroxylation is 1. The maximum atomic E-state index is 11.6. The first-order valence-corrected chi connectivity index (χ1v) is 7.17. The van der Waals surface area contributed by atoms with Crippen molar-refractivity contribution in [2.24, 2.45) is 0 Å². The van der Waals surface area contributed by atoms with Crippen LogP contribution < -0.4 is 11.0 Å². The summed E-state index contributed by atoms with van der Waals surface area (Å²) < 4.78 is 1.44. The van der Waals surface area contributed by atoms with E-state index in [-0.39, 0.29) is 11.7 Å². The molecule has 0 aliphatic heterocycles. The zero-order valence-electron chi connectivity index (χ0n) is 11.1. The van der Waals surface area contributed by atoms with Gasteiger partial charge in [-0.25, -0.2) is 24.3 Å². The van der Waals surface area contributed by atoms with E-state index in [0.717, 1.165) is 11.4 Å². The Morgan fingerprint density at radius 1 is 1.55 bits per heavy atom. The van der Waals surface area contributed by atoms with Crippen LogP contribution in [0.25, 0.3) is 5.65 Å². The summed E-state index contributed by atoms with van der Waals surface area (Å²) in [5, 5.41) is 12.7. The first-order valence-electron chi connectivity index (χ1n) is 6.29. The van der Waals surface area contributed by atoms with Gasteiger partial charge in [-0.1, -0.05) is 6.92 Å². The van der Waals surface area contributed by atoms with Gasteiger partial charge in [0.2, 0.25) is 0 Å². The lowest BCUT2D eigenvalue weighted by Crippen LogP contribution is -2.15. The third kappa shape index (κ3) is 2.18. The van der Waals surface area contributed by atoms with Crippen molar-refractivity contribution in [3.8, 4) is 0 Å². The van der Waals surface area contributed by atoms with Gasteiger partial charge in [0.25, 0.3) is 0 Å². The molecule has 1 atom stereocenters. The molecule has 0 radical (unpaired) electrons. The van der Waals surface area contributed by atoms with Gasteiger partial charge in [-0.2, -0.15) is 5.10 Å². The Morgan fingerprint density at radius 2 is 2.40 bits per heavy atom. The van der Waals surface area contributed by atoms with Gasteiger partial charge in [0, 0.05) is 17.6 Å². The van der Waals surface area contributed by atoms with Crippen LogP contribution in [0.3, 0.4) is 0 Å². The summed E-state index contributed by atoms with van der Waals surface area (Å²) in [6.07, 6.45) is 2.69. The molecule has 0 saturated heterocycles. The number of rotatable bonds is 4. The highest BCUT2D eigenvalue weighted by atomic mass is 32.1. The van der Waals surface area contributed by atoms with Gasteiger partial charge in [-0.3, -0.25) is 0 Å². The first-order chi connectivity index (χ1) is 9.69. The second kappa shape index (κ2) is 5.04. The van der Waals surface area contributed by atoms with Crippen molar-refractivity contribution in [2.75, 3.05) is 5.32 Å². The van der Waals surface area contributed by atoms with Crippen LogP contribution in [0.5, 0.6) is 0 Å². The Morgan fingerprint density at radius 3 is 3.10 bits per heavy atom. The lowest BCUT2D eigenvalue weighted by Gasteiger charge is -2.15. The van der Waals surface area contributed by atoms with Crippen molar-refractivity contribution in [3.63, 3.8) is 0 Å². The van der Waals surface area contributed by atoms with Crippen LogP contribution in [-0.4, -0.2) is 24.6 Å². The molecule has 0 fully saturated rings. The number of aromatic amines is 1. The monoisotopic (exact) mass is 290 g/mol. The molecular formula is C12H14N6OS. The van der Waals surface area contributed by atoms with Gasteiger partial charge in [0.1, 0.15) is 16.6 Å². The number of H-pyrrole nitrogens is 1. The van der Waals surface area contributed by atoms with Crippen LogP contribution in [0.4, 0.5) is 5.82 Å². The van der Waals surface area contributed by atoms with E-state index in [1.807, 2.05) is 5.38 Å². The summed E-state index contributed by atoms with van der Waals surface area (Å²) in [4.78, 5) is 20.3. The highest BCUT2D eigenvalue weighted by Gasteiger charge is 2.14. The standard InChI is InChI=1S/C12H14N6OS/c1-3-8(11-13-4-5-20-11)15-9-6-10-16-17-12(19)18(10)7(2)14-9/h4-6,8,15H,3H2,1-2H3,(H,17,19). The third-order valence-electron chi connectivity index (χ3n) is 3.05. The molecule has 0 saturated carbocycles. The van der Waals surface area contributed by atoms with Crippen molar-refractivity contribution < 1.29 is 0 Å². The molecule has 3 aromatic rings. The predicted octanol–water partition coefficient (Wildman–Crippen LogP) is 1.75. The fourth-order valence-corrected chi connectivity index (χ4v) is 2.87. The molecule has 7 nitrogen and oxygen atoms in total. The number of hydrogen-bond donors (Lipinski definition) is 2. The molecule has 0 aromatic carbocycles. The van der Waals surface area contributed by atoms with E-state index < -0.39 is 0 Å². The quantitative estimate of drug-likeness (QED) is 0.764. The van der Waals surface area contributed by atoms with Gasteiger partial charge in [-0.15, -0.1) is 11.3 Å². The molecule has 20 heavy (non-hydrogen) atoms. The van der Waals surface area contributed by atoms with Crippen molar-refractivity contribution in [3.05, 3.63) is 39.0 Å². The summed E-state index contributed by atoms with van der Waals surface area (Å²) in [5.41, 5.74) is 0.280. The molecule has 8 heteroatoms. The number of thiazole rings is 1. The number of nitrogens with one attached hydrogen (secondary N) is 2. The van der Waals surface area contributed by atoms with Gasteiger partial charge < -0.3 is 5.32 Å². The van der Waals surface area contributed by atoms with Gasteiger partial charge in [0.15, 0.2) is 5.65 Å². The van der Waals surface area contributed by atoms with E-state index in [1.165, 1.54) is 4.40 Å². The molecule has 3 heterocycles. The fourth-order valence-electron chi connectivity index (χ4n) is 2.10. The minimum atomic E-state index is -0.275. The third-order valence-corrected chi connectivity index (χ3v) is 3.94. The van der Waals surface area contributed by atoms with Crippen LogP contribution >= 0.6 is 11.3 Å². The smallest absolute Gasteiger partial charge is 0.349 e. The van der Waals surface area contributed by atoms with E-state index in [1.54, 1.807) is 30.5 Å². The first kappa shape index (κ1) is 12.8. The van der Waals surface area contributed by atoms with Crippen molar-refractivity contribution in [2.45, 2.75) is 26.3 Å². The summed E-state index contributed by atoms with van der Waals surface area (Å²) in [6.45, 7) is 3.86. The molecule has 3 rings (SSSR count). The summed E-state index contributed by atoms with van der Waals surface area (Å²) >= 11 is 1.61. The SMILES string of the molecule is CCC(Nc1cc2n[nH]c(=O)n2c(C)n1)c1nccs1. The van der Waals surface area contributed by atoms with E-state index in [0.29, 0.717) is 17.3 Å². The normalized spacial score (nSPS) is 12.7. The number of nitrogens with zero attached hydrogens (tertiary/aromatic N) is 4. The molecule has 3 aromatic heterocycles. The predicted molar refractivity (Wildman–Crippen MR) is 77.1 cm³/mol. The van der Waals surface area contributed by atoms with Crippen LogP contribution in [0.15, 0.2) is 22.4 Å². The highest BCUT2D eigenvalue weighted by Crippen LogP contribution is 2.23. The molecule has 1 unspecified atom stereocenters. The summed E-state index contributed by atoms with van der Waals surface area (Å²) in [6, 6.07) is 1.86. The number of fused-ring (bicyclic) bond motifs is 1. The van der Waals surface area contributed by atoms with E-state index in [4.69, 9.17) is 0 Å². The fraction of sp³-hybridized carbons (Fsp3) is 0.333. The number of hydrogen-bond acceptors (Lipinski definition) is 6. The maximum absolute atomic E-state index is 11.6. The molecule has 0 amide bonds. The lowest BCUT2D eigenvalue weighted by atomic mass is 10.2. The van der Waals surface area contributed by atoms with E-state index in [9.17, 15) is 4.79 Å². The van der Waals surface area contributed by atoms with Crippen LogP contribution in [-0.2, 0) is 0 Å². The van der Waals surface area contributed by atoms with Crippen LogP contribution in [0, 0.1) is 6.92 Å². The molecule has 0 aliphatic rings. The Kier molecular flexibility index (Phi) is 3.23. The summed E-state index contributed by atoms with van der Waals surface area (Å²) in [5.74, 6) is 1.29. The van der Waals surface area contributed by atoms with Gasteiger partial charge in [-0.05, 0) is 13.3 Å². The van der Waals surface area contributed by atoms with E-state index in [2.05, 4.69) is 32.4 Å². The second-order valence-electron chi connectivity index (χ2n) is 4.39. The molecule has 104 valence electrons. The van der Waals surface area contributed by atoms with E-state index >= 15 is 0 Å². The van der Waals surface area contributed by atoms with Crippen molar-refractivity contribution in [1.29, 1.82) is 0 Å². The summed E-state index contributed by atoms with van der Waals surface area (Å²) in [7, 11) is 0. The van der Waals surface area contributed by atoms with Crippen molar-refractivity contribution >= 4 is 22.8 Å². The van der Waals surface area contributed by atoms with Gasteiger partial charge >= 0.3 is 5.69 Å². The van der Waals surface area contributed by atoms with Crippen molar-refractivity contribution in [1.82, 2.24) is 24.6 Å².